The Balaban J connectivity index is 4.27. The highest BCUT2D eigenvalue weighted by Crippen LogP contribution is 2.16. The maximum Gasteiger partial charge on any atom is 0.306 e. The van der Waals surface area contributed by atoms with Gasteiger partial charge in [-0.2, -0.15) is 0 Å². The van der Waals surface area contributed by atoms with Gasteiger partial charge in [-0.3, -0.25) is 9.59 Å². The average Bonchev–Trinajstić information content (AvgIpc) is 3.34. The summed E-state index contributed by atoms with van der Waals surface area (Å²) in [5.41, 5.74) is 0. The fourth-order valence-electron chi connectivity index (χ4n) is 8.81. The molecule has 0 saturated carbocycles. The third kappa shape index (κ3) is 56.4. The Morgan fingerprint density at radius 1 is 0.324 bits per heavy atom. The molecule has 0 aromatic heterocycles. The van der Waals surface area contributed by atoms with Crippen molar-refractivity contribution in [3.63, 3.8) is 0 Å². The molecule has 0 aliphatic carbocycles. The third-order valence-corrected chi connectivity index (χ3v) is 13.3. The zero-order chi connectivity index (χ0) is 49.2. The smallest absolute Gasteiger partial charge is 0.306 e. The van der Waals surface area contributed by atoms with Crippen molar-refractivity contribution in [1.82, 2.24) is 0 Å². The summed E-state index contributed by atoms with van der Waals surface area (Å²) in [5.74, 6) is -0.391. The molecule has 0 bridgehead atoms. The molecule has 5 heteroatoms. The lowest BCUT2D eigenvalue weighted by atomic mass is 10.0. The highest BCUT2D eigenvalue weighted by Gasteiger charge is 2.17. The van der Waals surface area contributed by atoms with Crippen LogP contribution in [0.1, 0.15) is 316 Å². The van der Waals surface area contributed by atoms with Crippen LogP contribution in [0.2, 0.25) is 0 Å². The van der Waals surface area contributed by atoms with Crippen LogP contribution in [0.15, 0.2) is 48.6 Å². The normalized spacial score (nSPS) is 12.5. The second-order valence-electron chi connectivity index (χ2n) is 20.3. The summed E-state index contributed by atoms with van der Waals surface area (Å²) in [6.45, 7) is 7.82. The van der Waals surface area contributed by atoms with Crippen LogP contribution in [-0.2, 0) is 23.8 Å². The molecule has 0 aromatic rings. The summed E-state index contributed by atoms with van der Waals surface area (Å²) in [6, 6.07) is 0. The minimum Gasteiger partial charge on any atom is -0.462 e. The largest absolute Gasteiger partial charge is 0.462 e. The standard InChI is InChI=1S/C63H116O5/c1-4-7-10-13-16-19-22-25-28-31-34-37-40-43-46-49-52-55-58-66-59-61(68-63(65)57-54-51-48-45-42-39-36-33-30-27-24-21-18-15-12-9-6-3)60-67-62(64)56-53-50-47-44-41-38-35-32-29-26-23-20-17-14-11-8-5-2/h16-17,19-20,25-26,28-29,61H,4-15,18,21-24,27,30-60H2,1-3H3/b19-16-,20-17-,28-25-,29-26-. The van der Waals surface area contributed by atoms with Crippen molar-refractivity contribution in [2.75, 3.05) is 19.8 Å². The summed E-state index contributed by atoms with van der Waals surface area (Å²) in [4.78, 5) is 25.6. The minimum absolute atomic E-state index is 0.0826. The highest BCUT2D eigenvalue weighted by molar-refractivity contribution is 5.70. The molecule has 0 rings (SSSR count). The first-order valence-electron chi connectivity index (χ1n) is 30.2. The number of ether oxygens (including phenoxy) is 3. The number of unbranched alkanes of at least 4 members (excludes halogenated alkanes) is 37. The van der Waals surface area contributed by atoms with Crippen LogP contribution in [0.4, 0.5) is 0 Å². The summed E-state index contributed by atoms with van der Waals surface area (Å²) in [5, 5.41) is 0. The maximum absolute atomic E-state index is 12.9. The number of rotatable bonds is 56. The molecule has 0 spiro atoms. The van der Waals surface area contributed by atoms with Crippen LogP contribution in [0.3, 0.4) is 0 Å². The van der Waals surface area contributed by atoms with E-state index in [1.807, 2.05) is 0 Å². The second-order valence-corrected chi connectivity index (χ2v) is 20.3. The Labute approximate surface area is 424 Å². The van der Waals surface area contributed by atoms with E-state index >= 15 is 0 Å². The third-order valence-electron chi connectivity index (χ3n) is 13.3. The van der Waals surface area contributed by atoms with E-state index in [1.54, 1.807) is 0 Å². The molecule has 0 radical (unpaired) electrons. The predicted molar refractivity (Wildman–Crippen MR) is 298 cm³/mol. The lowest BCUT2D eigenvalue weighted by molar-refractivity contribution is -0.163. The summed E-state index contributed by atoms with van der Waals surface area (Å²) in [7, 11) is 0. The first-order valence-corrected chi connectivity index (χ1v) is 30.2. The van der Waals surface area contributed by atoms with E-state index in [0.717, 1.165) is 57.8 Å². The first kappa shape index (κ1) is 65.9. The molecule has 1 atom stereocenters. The van der Waals surface area contributed by atoms with Gasteiger partial charge in [0.2, 0.25) is 0 Å². The second kappa shape index (κ2) is 59.2. The van der Waals surface area contributed by atoms with Crippen LogP contribution in [0.25, 0.3) is 0 Å². The molecule has 398 valence electrons. The van der Waals surface area contributed by atoms with Crippen LogP contribution < -0.4 is 0 Å². The van der Waals surface area contributed by atoms with Crippen molar-refractivity contribution in [3.8, 4) is 0 Å². The van der Waals surface area contributed by atoms with Crippen molar-refractivity contribution in [1.29, 1.82) is 0 Å². The topological polar surface area (TPSA) is 61.8 Å². The monoisotopic (exact) mass is 953 g/mol. The maximum atomic E-state index is 12.9. The fraction of sp³-hybridized carbons (Fsp3) is 0.841. The number of carbonyl (C=O) groups excluding carboxylic acids is 2. The molecular formula is C63H116O5. The van der Waals surface area contributed by atoms with Gasteiger partial charge >= 0.3 is 11.9 Å². The van der Waals surface area contributed by atoms with Crippen molar-refractivity contribution in [2.45, 2.75) is 322 Å². The molecule has 0 N–H and O–H groups in total. The highest BCUT2D eigenvalue weighted by atomic mass is 16.6. The molecule has 5 nitrogen and oxygen atoms in total. The van der Waals surface area contributed by atoms with Gasteiger partial charge in [0.15, 0.2) is 6.10 Å². The van der Waals surface area contributed by atoms with Crippen molar-refractivity contribution < 1.29 is 23.8 Å². The Kier molecular flexibility index (Phi) is 57.3. The van der Waals surface area contributed by atoms with Gasteiger partial charge in [0.25, 0.3) is 0 Å². The quantitative estimate of drug-likeness (QED) is 0.0345. The van der Waals surface area contributed by atoms with Gasteiger partial charge < -0.3 is 14.2 Å². The van der Waals surface area contributed by atoms with Gasteiger partial charge in [0.1, 0.15) is 6.61 Å². The number of hydrogen-bond acceptors (Lipinski definition) is 5. The molecule has 0 heterocycles. The van der Waals surface area contributed by atoms with E-state index < -0.39 is 6.10 Å². The van der Waals surface area contributed by atoms with Crippen molar-refractivity contribution in [2.24, 2.45) is 0 Å². The molecule has 1 unspecified atom stereocenters. The Hall–Kier alpha value is -2.14. The van der Waals surface area contributed by atoms with Crippen LogP contribution in [0, 0.1) is 0 Å². The summed E-state index contributed by atoms with van der Waals surface area (Å²) < 4.78 is 17.5. The lowest BCUT2D eigenvalue weighted by Gasteiger charge is -2.18. The predicted octanol–water partition coefficient (Wildman–Crippen LogP) is 20.7. The van der Waals surface area contributed by atoms with Crippen LogP contribution in [0.5, 0.6) is 0 Å². The summed E-state index contributed by atoms with van der Waals surface area (Å²) in [6.07, 6.45) is 74.2. The molecule has 68 heavy (non-hydrogen) atoms. The zero-order valence-electron chi connectivity index (χ0n) is 45.9. The number of allylic oxidation sites excluding steroid dienone is 8. The Morgan fingerprint density at radius 3 is 1.00 bits per heavy atom. The number of esters is 2. The van der Waals surface area contributed by atoms with Gasteiger partial charge in [-0.05, 0) is 83.5 Å². The van der Waals surface area contributed by atoms with Gasteiger partial charge in [0.05, 0.1) is 6.61 Å². The van der Waals surface area contributed by atoms with E-state index in [9.17, 15) is 9.59 Å². The average molecular weight is 954 g/mol. The molecule has 0 fully saturated rings. The number of hydrogen-bond donors (Lipinski definition) is 0. The molecule has 0 amide bonds. The van der Waals surface area contributed by atoms with Gasteiger partial charge in [0, 0.05) is 19.4 Å². The molecular weight excluding hydrogens is 837 g/mol. The van der Waals surface area contributed by atoms with Crippen LogP contribution >= 0.6 is 0 Å². The SMILES string of the molecule is CCCCC/C=C\C/C=C\CCCCCCCCCCOCC(COC(=O)CCCCCCCCC/C=C\C/C=C\CCCCC)OC(=O)CCCCCCCCCCCCCCCCCCC. The van der Waals surface area contributed by atoms with E-state index in [4.69, 9.17) is 14.2 Å². The Bertz CT molecular complexity index is 1120. The van der Waals surface area contributed by atoms with Crippen molar-refractivity contribution in [3.05, 3.63) is 48.6 Å². The van der Waals surface area contributed by atoms with Gasteiger partial charge in [-0.25, -0.2) is 0 Å². The molecule has 0 saturated heterocycles. The number of carbonyl (C=O) groups is 2. The van der Waals surface area contributed by atoms with Gasteiger partial charge in [-0.1, -0.05) is 268 Å². The van der Waals surface area contributed by atoms with E-state index in [0.29, 0.717) is 19.4 Å². The molecule has 0 aliphatic rings. The van der Waals surface area contributed by atoms with E-state index in [2.05, 4.69) is 69.4 Å². The van der Waals surface area contributed by atoms with Crippen molar-refractivity contribution >= 4 is 11.9 Å². The molecule has 0 aliphatic heterocycles. The first-order chi connectivity index (χ1) is 33.6. The molecule has 0 aromatic carbocycles. The van der Waals surface area contributed by atoms with Crippen LogP contribution in [-0.4, -0.2) is 37.9 Å². The Morgan fingerprint density at radius 2 is 0.618 bits per heavy atom. The summed E-state index contributed by atoms with van der Waals surface area (Å²) >= 11 is 0. The van der Waals surface area contributed by atoms with E-state index in [-0.39, 0.29) is 25.2 Å². The minimum atomic E-state index is -0.541. The van der Waals surface area contributed by atoms with Gasteiger partial charge in [-0.15, -0.1) is 0 Å². The fourth-order valence-corrected chi connectivity index (χ4v) is 8.81. The lowest BCUT2D eigenvalue weighted by Crippen LogP contribution is -2.30. The zero-order valence-corrected chi connectivity index (χ0v) is 45.9. The van der Waals surface area contributed by atoms with E-state index in [1.165, 1.54) is 225 Å².